The molecule has 0 saturated heterocycles. The van der Waals surface area contributed by atoms with Gasteiger partial charge in [0.1, 0.15) is 0 Å². The van der Waals surface area contributed by atoms with Crippen LogP contribution < -0.4 is 4.90 Å². The third-order valence-corrected chi connectivity index (χ3v) is 5.49. The molecule has 3 rings (SSSR count). The number of nitrogens with zero attached hydrogens (tertiary/aromatic N) is 2. The Kier molecular flexibility index (Phi) is 4.46. The first-order valence-electron chi connectivity index (χ1n) is 7.83. The van der Waals surface area contributed by atoms with E-state index in [9.17, 15) is 4.79 Å². The molecule has 1 aliphatic rings. The van der Waals surface area contributed by atoms with Crippen molar-refractivity contribution in [2.24, 2.45) is 0 Å². The first-order chi connectivity index (χ1) is 11.0. The quantitative estimate of drug-likeness (QED) is 0.775. The van der Waals surface area contributed by atoms with Crippen LogP contribution in [0.3, 0.4) is 0 Å². The molecule has 1 atom stereocenters. The first-order valence-corrected chi connectivity index (χ1v) is 8.65. The molecule has 1 aliphatic heterocycles. The molecule has 0 amide bonds. The molecule has 0 fully saturated rings. The topological polar surface area (TPSA) is 23.6 Å². The number of para-hydroxylation sites is 1. The van der Waals surface area contributed by atoms with Gasteiger partial charge in [-0.1, -0.05) is 30.0 Å². The van der Waals surface area contributed by atoms with Crippen molar-refractivity contribution in [1.29, 1.82) is 0 Å². The zero-order valence-corrected chi connectivity index (χ0v) is 14.9. The van der Waals surface area contributed by atoms with Crippen molar-refractivity contribution in [3.63, 3.8) is 0 Å². The molecule has 0 saturated carbocycles. The Labute approximate surface area is 142 Å². The minimum Gasteiger partial charge on any atom is -0.338 e. The molecule has 3 nitrogen and oxygen atoms in total. The van der Waals surface area contributed by atoms with Crippen molar-refractivity contribution in [2.75, 3.05) is 25.5 Å². The molecular weight excluding hydrogens is 304 g/mol. The Bertz CT molecular complexity index is 742. The van der Waals surface area contributed by atoms with Crippen molar-refractivity contribution in [1.82, 2.24) is 4.90 Å². The lowest BCUT2D eigenvalue weighted by Gasteiger charge is -2.36. The molecule has 0 aliphatic carbocycles. The SMILES string of the molecule is CC(=O)c1ccc2c(c1)N(C[C@@H](C)N(C)C)c1ccccc1S2. The molecule has 23 heavy (non-hydrogen) atoms. The summed E-state index contributed by atoms with van der Waals surface area (Å²) in [6.45, 7) is 4.73. The molecule has 0 radical (unpaired) electrons. The van der Waals surface area contributed by atoms with Gasteiger partial charge < -0.3 is 9.80 Å². The van der Waals surface area contributed by atoms with Crippen molar-refractivity contribution >= 4 is 28.9 Å². The molecule has 0 spiro atoms. The summed E-state index contributed by atoms with van der Waals surface area (Å²) in [5.74, 6) is 0.109. The lowest BCUT2D eigenvalue weighted by molar-refractivity contribution is 0.101. The number of rotatable bonds is 4. The van der Waals surface area contributed by atoms with E-state index in [1.165, 1.54) is 15.5 Å². The Balaban J connectivity index is 2.09. The van der Waals surface area contributed by atoms with Gasteiger partial charge in [0.2, 0.25) is 0 Å². The average molecular weight is 326 g/mol. The van der Waals surface area contributed by atoms with Crippen LogP contribution in [0.5, 0.6) is 0 Å². The van der Waals surface area contributed by atoms with Gasteiger partial charge in [0.25, 0.3) is 0 Å². The van der Waals surface area contributed by atoms with Gasteiger partial charge in [-0.25, -0.2) is 0 Å². The Morgan fingerprint density at radius 3 is 2.52 bits per heavy atom. The third-order valence-electron chi connectivity index (χ3n) is 4.36. The van der Waals surface area contributed by atoms with Gasteiger partial charge in [0.05, 0.1) is 11.4 Å². The maximum absolute atomic E-state index is 11.8. The fourth-order valence-corrected chi connectivity index (χ4v) is 3.75. The molecule has 2 aromatic rings. The van der Waals surface area contributed by atoms with E-state index in [1.54, 1.807) is 18.7 Å². The van der Waals surface area contributed by atoms with E-state index in [-0.39, 0.29) is 5.78 Å². The summed E-state index contributed by atoms with van der Waals surface area (Å²) in [6, 6.07) is 14.9. The van der Waals surface area contributed by atoms with E-state index in [1.807, 2.05) is 12.1 Å². The van der Waals surface area contributed by atoms with Crippen molar-refractivity contribution in [3.05, 3.63) is 48.0 Å². The van der Waals surface area contributed by atoms with Gasteiger partial charge in [0, 0.05) is 27.9 Å². The average Bonchev–Trinajstić information content (AvgIpc) is 2.53. The van der Waals surface area contributed by atoms with E-state index >= 15 is 0 Å². The highest BCUT2D eigenvalue weighted by Crippen LogP contribution is 2.48. The predicted octanol–water partition coefficient (Wildman–Crippen LogP) is 4.44. The number of hydrogen-bond donors (Lipinski definition) is 0. The Hall–Kier alpha value is -1.78. The second-order valence-corrected chi connectivity index (χ2v) is 7.32. The number of Topliss-reactive ketones (excluding diaryl/α,β-unsaturated/α-hetero) is 1. The van der Waals surface area contributed by atoms with Crippen LogP contribution in [0, 0.1) is 0 Å². The minimum atomic E-state index is 0.109. The molecule has 2 aromatic carbocycles. The zero-order valence-electron chi connectivity index (χ0n) is 14.0. The summed E-state index contributed by atoms with van der Waals surface area (Å²) in [4.78, 5) is 18.8. The van der Waals surface area contributed by atoms with Crippen LogP contribution >= 0.6 is 11.8 Å². The van der Waals surface area contributed by atoms with Crippen LogP contribution in [0.2, 0.25) is 0 Å². The summed E-state index contributed by atoms with van der Waals surface area (Å²) in [5.41, 5.74) is 3.13. The van der Waals surface area contributed by atoms with Crippen LogP contribution in [-0.4, -0.2) is 37.4 Å². The van der Waals surface area contributed by atoms with Gasteiger partial charge in [-0.05, 0) is 52.2 Å². The second kappa shape index (κ2) is 6.38. The van der Waals surface area contributed by atoms with Gasteiger partial charge in [0.15, 0.2) is 5.78 Å². The monoisotopic (exact) mass is 326 g/mol. The highest BCUT2D eigenvalue weighted by molar-refractivity contribution is 7.99. The summed E-state index contributed by atoms with van der Waals surface area (Å²) < 4.78 is 0. The van der Waals surface area contributed by atoms with E-state index in [0.717, 1.165) is 17.8 Å². The van der Waals surface area contributed by atoms with Gasteiger partial charge >= 0.3 is 0 Å². The van der Waals surface area contributed by atoms with Gasteiger partial charge in [-0.15, -0.1) is 0 Å². The Morgan fingerprint density at radius 1 is 1.13 bits per heavy atom. The molecule has 1 heterocycles. The molecule has 120 valence electrons. The molecule has 0 aromatic heterocycles. The van der Waals surface area contributed by atoms with Gasteiger partial charge in [-0.2, -0.15) is 0 Å². The number of carbonyl (C=O) groups excluding carboxylic acids is 1. The molecule has 0 bridgehead atoms. The van der Waals surface area contributed by atoms with Crippen molar-refractivity contribution in [3.8, 4) is 0 Å². The largest absolute Gasteiger partial charge is 0.338 e. The summed E-state index contributed by atoms with van der Waals surface area (Å²) >= 11 is 1.78. The number of anilines is 2. The van der Waals surface area contributed by atoms with Crippen molar-refractivity contribution < 1.29 is 4.79 Å². The standard InChI is InChI=1S/C19H22N2OS/c1-13(20(3)4)12-21-16-7-5-6-8-18(16)23-19-10-9-15(14(2)22)11-17(19)21/h5-11,13H,12H2,1-4H3/t13-/m1/s1. The number of fused-ring (bicyclic) bond motifs is 2. The fraction of sp³-hybridized carbons (Fsp3) is 0.316. The van der Waals surface area contributed by atoms with Gasteiger partial charge in [-0.3, -0.25) is 4.79 Å². The number of likely N-dealkylation sites (N-methyl/N-ethyl adjacent to an activating group) is 1. The zero-order chi connectivity index (χ0) is 16.6. The van der Waals surface area contributed by atoms with Crippen LogP contribution in [0.1, 0.15) is 24.2 Å². The normalized spacial score (nSPS) is 14.4. The molecular formula is C19H22N2OS. The van der Waals surface area contributed by atoms with E-state index < -0.39 is 0 Å². The van der Waals surface area contributed by atoms with Crippen LogP contribution in [0.15, 0.2) is 52.3 Å². The van der Waals surface area contributed by atoms with Crippen LogP contribution in [-0.2, 0) is 0 Å². The van der Waals surface area contributed by atoms with E-state index in [4.69, 9.17) is 0 Å². The summed E-state index contributed by atoms with van der Waals surface area (Å²) in [6.07, 6.45) is 0. The van der Waals surface area contributed by atoms with Crippen LogP contribution in [0.4, 0.5) is 11.4 Å². The minimum absolute atomic E-state index is 0.109. The fourth-order valence-electron chi connectivity index (χ4n) is 2.67. The highest BCUT2D eigenvalue weighted by atomic mass is 32.2. The molecule has 0 N–H and O–H groups in total. The predicted molar refractivity (Wildman–Crippen MR) is 97.2 cm³/mol. The lowest BCUT2D eigenvalue weighted by Crippen LogP contribution is -2.37. The number of ketones is 1. The van der Waals surface area contributed by atoms with E-state index in [2.05, 4.69) is 61.2 Å². The lowest BCUT2D eigenvalue weighted by atomic mass is 10.1. The highest BCUT2D eigenvalue weighted by Gasteiger charge is 2.25. The maximum Gasteiger partial charge on any atom is 0.159 e. The summed E-state index contributed by atoms with van der Waals surface area (Å²) in [7, 11) is 4.20. The van der Waals surface area contributed by atoms with E-state index in [0.29, 0.717) is 6.04 Å². The molecule has 0 unspecified atom stereocenters. The number of carbonyl (C=O) groups is 1. The van der Waals surface area contributed by atoms with Crippen molar-refractivity contribution in [2.45, 2.75) is 29.7 Å². The smallest absolute Gasteiger partial charge is 0.159 e. The Morgan fingerprint density at radius 2 is 1.83 bits per heavy atom. The summed E-state index contributed by atoms with van der Waals surface area (Å²) in [5, 5.41) is 0. The number of benzene rings is 2. The second-order valence-electron chi connectivity index (χ2n) is 6.23. The molecule has 4 heteroatoms. The number of hydrogen-bond acceptors (Lipinski definition) is 4. The first kappa shape index (κ1) is 16.1. The maximum atomic E-state index is 11.8. The van der Waals surface area contributed by atoms with Crippen LogP contribution in [0.25, 0.3) is 0 Å². The third kappa shape index (κ3) is 3.14.